The quantitative estimate of drug-likeness (QED) is 0.279. The number of aliphatic hydroxyl groups is 1. The molecule has 2 fully saturated rings. The number of hydrogen-bond donors (Lipinski definition) is 1. The number of benzene rings is 3. The molecule has 0 saturated carbocycles. The van der Waals surface area contributed by atoms with Crippen molar-refractivity contribution in [2.45, 2.75) is 19.0 Å². The number of halogens is 1. The van der Waals surface area contributed by atoms with Gasteiger partial charge in [0.2, 0.25) is 0 Å². The second-order valence-corrected chi connectivity index (χ2v) is 9.88. The third-order valence-electron chi connectivity index (χ3n) is 7.09. The number of likely N-dealkylation sites (tertiary alicyclic amines) is 1. The zero-order valence-corrected chi connectivity index (χ0v) is 21.4. The molecule has 0 spiro atoms. The number of amides is 1. The Morgan fingerprint density at radius 1 is 0.973 bits per heavy atom. The Morgan fingerprint density at radius 2 is 1.62 bits per heavy atom. The van der Waals surface area contributed by atoms with E-state index >= 15 is 0 Å². The second kappa shape index (κ2) is 10.9. The third-order valence-corrected chi connectivity index (χ3v) is 7.34. The number of rotatable bonds is 6. The fourth-order valence-corrected chi connectivity index (χ4v) is 5.24. The molecule has 7 heteroatoms. The van der Waals surface area contributed by atoms with Crippen molar-refractivity contribution in [1.29, 1.82) is 0 Å². The lowest BCUT2D eigenvalue weighted by atomic mass is 9.94. The summed E-state index contributed by atoms with van der Waals surface area (Å²) < 4.78 is 5.58. The number of aliphatic hydroxyl groups excluding tert-OH is 1. The average Bonchev–Trinajstić information content (AvgIpc) is 3.18. The van der Waals surface area contributed by atoms with E-state index in [0.717, 1.165) is 29.8 Å². The predicted molar refractivity (Wildman–Crippen MR) is 143 cm³/mol. The summed E-state index contributed by atoms with van der Waals surface area (Å²) in [4.78, 5) is 31.0. The van der Waals surface area contributed by atoms with E-state index < -0.39 is 17.7 Å². The molecule has 190 valence electrons. The van der Waals surface area contributed by atoms with Crippen molar-refractivity contribution in [3.05, 3.63) is 112 Å². The Kier molecular flexibility index (Phi) is 7.42. The molecule has 1 amide bonds. The Balaban J connectivity index is 1.60. The van der Waals surface area contributed by atoms with E-state index in [1.807, 2.05) is 61.5 Å². The van der Waals surface area contributed by atoms with Crippen LogP contribution in [0.5, 0.6) is 0 Å². The van der Waals surface area contributed by atoms with Crippen LogP contribution in [0.3, 0.4) is 0 Å². The molecule has 2 atom stereocenters. The van der Waals surface area contributed by atoms with Crippen LogP contribution < -0.4 is 0 Å². The molecule has 2 aliphatic rings. The van der Waals surface area contributed by atoms with Crippen molar-refractivity contribution in [1.82, 2.24) is 9.80 Å². The molecule has 3 aromatic carbocycles. The monoisotopic (exact) mass is 516 g/mol. The molecule has 2 heterocycles. The normalized spacial score (nSPS) is 20.8. The van der Waals surface area contributed by atoms with Crippen molar-refractivity contribution < 1.29 is 19.4 Å². The zero-order valence-electron chi connectivity index (χ0n) is 20.6. The minimum absolute atomic E-state index is 0.0879. The van der Waals surface area contributed by atoms with Gasteiger partial charge in [-0.25, -0.2) is 0 Å². The topological polar surface area (TPSA) is 70.1 Å². The summed E-state index contributed by atoms with van der Waals surface area (Å²) in [6.07, 6.45) is 0. The van der Waals surface area contributed by atoms with Gasteiger partial charge in [-0.05, 0) is 42.3 Å². The first kappa shape index (κ1) is 25.2. The van der Waals surface area contributed by atoms with Gasteiger partial charge in [0.05, 0.1) is 30.9 Å². The van der Waals surface area contributed by atoms with Gasteiger partial charge >= 0.3 is 0 Å². The van der Waals surface area contributed by atoms with Gasteiger partial charge in [-0.3, -0.25) is 14.5 Å². The van der Waals surface area contributed by atoms with E-state index in [0.29, 0.717) is 30.3 Å². The van der Waals surface area contributed by atoms with Gasteiger partial charge < -0.3 is 14.7 Å². The Bertz CT molecular complexity index is 1300. The van der Waals surface area contributed by atoms with Crippen LogP contribution in [0.25, 0.3) is 5.76 Å². The SMILES string of the molecule is Cc1ccc(C2/C(=C(/O)c3ccc(Cl)cc3)C(=O)C(=O)N2CC(c2ccccc2)N2CCOCC2)cc1. The Morgan fingerprint density at radius 3 is 2.27 bits per heavy atom. The fraction of sp³-hybridized carbons (Fsp3) is 0.267. The number of carbonyl (C=O) groups excluding carboxylic acids is 2. The largest absolute Gasteiger partial charge is 0.507 e. The number of aryl methyl sites for hydroxylation is 1. The third kappa shape index (κ3) is 5.18. The van der Waals surface area contributed by atoms with Crippen LogP contribution in [-0.2, 0) is 14.3 Å². The van der Waals surface area contributed by atoms with E-state index in [1.54, 1.807) is 29.2 Å². The van der Waals surface area contributed by atoms with E-state index in [4.69, 9.17) is 16.3 Å². The van der Waals surface area contributed by atoms with Crippen LogP contribution in [-0.4, -0.2) is 59.4 Å². The van der Waals surface area contributed by atoms with Crippen LogP contribution in [0, 0.1) is 6.92 Å². The number of Topliss-reactive ketones (excluding diaryl/α,β-unsaturated/α-hetero) is 1. The molecule has 3 aromatic rings. The maximum Gasteiger partial charge on any atom is 0.295 e. The van der Waals surface area contributed by atoms with Crippen LogP contribution in [0.15, 0.2) is 84.4 Å². The van der Waals surface area contributed by atoms with Gasteiger partial charge in [-0.2, -0.15) is 0 Å². The predicted octanol–water partition coefficient (Wildman–Crippen LogP) is 5.14. The first-order valence-corrected chi connectivity index (χ1v) is 12.8. The first-order chi connectivity index (χ1) is 17.9. The smallest absolute Gasteiger partial charge is 0.295 e. The second-order valence-electron chi connectivity index (χ2n) is 9.44. The highest BCUT2D eigenvalue weighted by atomic mass is 35.5. The summed E-state index contributed by atoms with van der Waals surface area (Å²) in [5.41, 5.74) is 3.42. The van der Waals surface area contributed by atoms with Crippen LogP contribution >= 0.6 is 11.6 Å². The number of ketones is 1. The highest BCUT2D eigenvalue weighted by molar-refractivity contribution is 6.46. The number of morpholine rings is 1. The number of hydrogen-bond acceptors (Lipinski definition) is 5. The fourth-order valence-electron chi connectivity index (χ4n) is 5.11. The molecule has 1 N–H and O–H groups in total. The van der Waals surface area contributed by atoms with Gasteiger partial charge in [0, 0.05) is 30.2 Å². The Labute approximate surface area is 221 Å². The highest BCUT2D eigenvalue weighted by Crippen LogP contribution is 2.41. The van der Waals surface area contributed by atoms with Crippen LogP contribution in [0.1, 0.15) is 34.3 Å². The summed E-state index contributed by atoms with van der Waals surface area (Å²) in [6.45, 7) is 4.95. The van der Waals surface area contributed by atoms with Crippen molar-refractivity contribution >= 4 is 29.1 Å². The van der Waals surface area contributed by atoms with Crippen LogP contribution in [0.2, 0.25) is 5.02 Å². The van der Waals surface area contributed by atoms with Crippen molar-refractivity contribution in [2.24, 2.45) is 0 Å². The van der Waals surface area contributed by atoms with E-state index in [-0.39, 0.29) is 17.4 Å². The summed E-state index contributed by atoms with van der Waals surface area (Å²) >= 11 is 6.04. The summed E-state index contributed by atoms with van der Waals surface area (Å²) in [7, 11) is 0. The first-order valence-electron chi connectivity index (χ1n) is 12.4. The maximum atomic E-state index is 13.6. The van der Waals surface area contributed by atoms with E-state index in [2.05, 4.69) is 4.90 Å². The van der Waals surface area contributed by atoms with Crippen molar-refractivity contribution in [3.63, 3.8) is 0 Å². The Hall–Kier alpha value is -3.45. The molecule has 0 aromatic heterocycles. The van der Waals surface area contributed by atoms with Gasteiger partial charge in [0.15, 0.2) is 0 Å². The lowest BCUT2D eigenvalue weighted by Gasteiger charge is -2.38. The molecule has 0 radical (unpaired) electrons. The zero-order chi connectivity index (χ0) is 25.9. The molecule has 0 aliphatic carbocycles. The lowest BCUT2D eigenvalue weighted by Crippen LogP contribution is -2.45. The van der Waals surface area contributed by atoms with Gasteiger partial charge in [0.25, 0.3) is 11.7 Å². The van der Waals surface area contributed by atoms with Gasteiger partial charge in [0.1, 0.15) is 5.76 Å². The van der Waals surface area contributed by atoms with Gasteiger partial charge in [-0.1, -0.05) is 71.8 Å². The highest BCUT2D eigenvalue weighted by Gasteiger charge is 2.47. The van der Waals surface area contributed by atoms with Crippen molar-refractivity contribution in [3.8, 4) is 0 Å². The number of carbonyl (C=O) groups is 2. The van der Waals surface area contributed by atoms with Crippen LogP contribution in [0.4, 0.5) is 0 Å². The molecule has 5 rings (SSSR count). The molecular formula is C30H29ClN2O4. The summed E-state index contributed by atoms with van der Waals surface area (Å²) in [5, 5.41) is 11.8. The number of ether oxygens (including phenoxy) is 1. The molecule has 37 heavy (non-hydrogen) atoms. The van der Waals surface area contributed by atoms with Gasteiger partial charge in [-0.15, -0.1) is 0 Å². The standard InChI is InChI=1S/C30H29ClN2O4/c1-20-7-9-22(10-8-20)27-26(28(34)23-11-13-24(31)14-12-23)29(35)30(36)33(27)19-25(21-5-3-2-4-6-21)32-15-17-37-18-16-32/h2-14,25,27,34H,15-19H2,1H3/b28-26-. The molecule has 6 nitrogen and oxygen atoms in total. The molecule has 0 bridgehead atoms. The minimum Gasteiger partial charge on any atom is -0.507 e. The average molecular weight is 517 g/mol. The maximum absolute atomic E-state index is 13.6. The summed E-state index contributed by atoms with van der Waals surface area (Å²) in [5.74, 6) is -1.51. The number of nitrogens with zero attached hydrogens (tertiary/aromatic N) is 2. The van der Waals surface area contributed by atoms with Crippen molar-refractivity contribution in [2.75, 3.05) is 32.8 Å². The molecule has 2 saturated heterocycles. The molecular weight excluding hydrogens is 488 g/mol. The minimum atomic E-state index is -0.719. The molecule has 2 aliphatic heterocycles. The lowest BCUT2D eigenvalue weighted by molar-refractivity contribution is -0.140. The van der Waals surface area contributed by atoms with E-state index in [9.17, 15) is 14.7 Å². The molecule has 2 unspecified atom stereocenters. The summed E-state index contributed by atoms with van der Waals surface area (Å²) in [6, 6.07) is 23.5. The van der Waals surface area contributed by atoms with E-state index in [1.165, 1.54) is 0 Å².